The second-order valence-electron chi connectivity index (χ2n) is 16.5. The number of aliphatic hydroxyl groups is 8. The number of carbonyl (C=O) groups excluding carboxylic acids is 1. The van der Waals surface area contributed by atoms with Gasteiger partial charge in [-0.15, -0.1) is 0 Å². The summed E-state index contributed by atoms with van der Waals surface area (Å²) in [5, 5.41) is 85.8. The topological polar surface area (TPSA) is 228 Å². The fourth-order valence-corrected chi connectivity index (χ4v) is 7.64. The number of rotatable bonds is 34. The molecule has 2 rings (SSSR count). The van der Waals surface area contributed by atoms with Gasteiger partial charge >= 0.3 is 0 Å². The molecular formula is C44H83NO13. The average Bonchev–Trinajstić information content (AvgIpc) is 3.22. The number of hydrogen-bond donors (Lipinski definition) is 9. The lowest BCUT2D eigenvalue weighted by Gasteiger charge is -2.46. The molecule has 12 unspecified atom stereocenters. The van der Waals surface area contributed by atoms with Gasteiger partial charge < -0.3 is 65.1 Å². The summed E-state index contributed by atoms with van der Waals surface area (Å²) in [5.41, 5.74) is 0. The van der Waals surface area contributed by atoms with E-state index >= 15 is 0 Å². The lowest BCUT2D eigenvalue weighted by Crippen LogP contribution is -2.65. The Morgan fingerprint density at radius 2 is 1.09 bits per heavy atom. The molecular weight excluding hydrogens is 750 g/mol. The maximum Gasteiger partial charge on any atom is 0.220 e. The number of carbonyl (C=O) groups is 1. The number of unbranched alkanes of at least 4 members (excludes halogenated alkanes) is 19. The van der Waals surface area contributed by atoms with E-state index in [9.17, 15) is 45.6 Å². The van der Waals surface area contributed by atoms with Crippen molar-refractivity contribution in [2.75, 3.05) is 19.8 Å². The lowest BCUT2D eigenvalue weighted by molar-refractivity contribution is -0.359. The Hall–Kier alpha value is -1.27. The van der Waals surface area contributed by atoms with Crippen molar-refractivity contribution in [3.05, 3.63) is 12.2 Å². The zero-order valence-corrected chi connectivity index (χ0v) is 35.8. The molecule has 0 aliphatic carbocycles. The van der Waals surface area contributed by atoms with Gasteiger partial charge in [-0.05, 0) is 38.5 Å². The molecule has 0 aromatic heterocycles. The second-order valence-corrected chi connectivity index (χ2v) is 16.5. The van der Waals surface area contributed by atoms with Gasteiger partial charge in [0.15, 0.2) is 12.6 Å². The van der Waals surface area contributed by atoms with E-state index in [0.717, 1.165) is 44.9 Å². The maximum absolute atomic E-state index is 13.0. The third-order valence-electron chi connectivity index (χ3n) is 11.5. The number of ether oxygens (including phenoxy) is 4. The molecule has 2 heterocycles. The molecule has 12 atom stereocenters. The summed E-state index contributed by atoms with van der Waals surface area (Å²) in [7, 11) is 0. The van der Waals surface area contributed by atoms with Crippen molar-refractivity contribution < 1.29 is 64.6 Å². The molecule has 2 aliphatic heterocycles. The van der Waals surface area contributed by atoms with Crippen molar-refractivity contribution in [3.63, 3.8) is 0 Å². The monoisotopic (exact) mass is 834 g/mol. The summed E-state index contributed by atoms with van der Waals surface area (Å²) in [6, 6.07) is -0.821. The Labute approximate surface area is 348 Å². The van der Waals surface area contributed by atoms with Crippen molar-refractivity contribution in [3.8, 4) is 0 Å². The van der Waals surface area contributed by atoms with Gasteiger partial charge in [0.25, 0.3) is 0 Å². The van der Waals surface area contributed by atoms with Crippen molar-refractivity contribution >= 4 is 5.91 Å². The summed E-state index contributed by atoms with van der Waals surface area (Å²) in [4.78, 5) is 13.0. The number of hydrogen-bond acceptors (Lipinski definition) is 13. The molecule has 9 N–H and O–H groups in total. The van der Waals surface area contributed by atoms with Gasteiger partial charge in [-0.1, -0.05) is 135 Å². The summed E-state index contributed by atoms with van der Waals surface area (Å²) in [6.07, 6.45) is 14.8. The predicted octanol–water partition coefficient (Wildman–Crippen LogP) is 4.43. The van der Waals surface area contributed by atoms with Crippen LogP contribution in [0, 0.1) is 0 Å². The molecule has 0 spiro atoms. The standard InChI is InChI=1S/C44H83NO13/c1-3-5-7-8-9-10-11-12-13-14-15-16-17-18-19-20-21-22-23-24-26-28-36(49)45-32(33(48)27-25-6-4-2)31-55-43-41(54)39(52)42(35(30-47)57-43)58-44-40(53)38(51)37(50)34(29-46)56-44/h14-15,32-35,37-44,46-48,50-54H,3-13,16-31H2,1-2H3,(H,45,49)/b15-14-. The SMILES string of the molecule is CCCCCCCCCC/C=C\CCCCCCCCCCCC(=O)NC(COC1OC(CO)C(OC2OC(CO)C(O)C(O)C2O)C(O)C1O)C(O)CCCCC. The number of aliphatic hydroxyl groups excluding tert-OH is 8. The van der Waals surface area contributed by atoms with Gasteiger partial charge in [0.2, 0.25) is 5.91 Å². The third-order valence-corrected chi connectivity index (χ3v) is 11.5. The van der Waals surface area contributed by atoms with Crippen molar-refractivity contribution in [1.29, 1.82) is 0 Å². The Morgan fingerprint density at radius 3 is 1.64 bits per heavy atom. The highest BCUT2D eigenvalue weighted by Crippen LogP contribution is 2.30. The van der Waals surface area contributed by atoms with Gasteiger partial charge in [0, 0.05) is 6.42 Å². The summed E-state index contributed by atoms with van der Waals surface area (Å²) in [5.74, 6) is -0.221. The predicted molar refractivity (Wildman–Crippen MR) is 222 cm³/mol. The molecule has 14 heteroatoms. The van der Waals surface area contributed by atoms with E-state index < -0.39 is 86.8 Å². The van der Waals surface area contributed by atoms with E-state index in [0.29, 0.717) is 12.8 Å². The van der Waals surface area contributed by atoms with Crippen molar-refractivity contribution in [1.82, 2.24) is 5.32 Å². The van der Waals surface area contributed by atoms with Gasteiger partial charge in [0.05, 0.1) is 32.0 Å². The van der Waals surface area contributed by atoms with Gasteiger partial charge in [-0.3, -0.25) is 4.79 Å². The zero-order chi connectivity index (χ0) is 42.5. The van der Waals surface area contributed by atoms with Crippen LogP contribution in [0.3, 0.4) is 0 Å². The average molecular weight is 834 g/mol. The van der Waals surface area contributed by atoms with Crippen LogP contribution >= 0.6 is 0 Å². The Bertz CT molecular complexity index is 1040. The molecule has 0 saturated carbocycles. The van der Waals surface area contributed by atoms with E-state index in [-0.39, 0.29) is 12.5 Å². The van der Waals surface area contributed by atoms with Crippen LogP contribution in [0.5, 0.6) is 0 Å². The van der Waals surface area contributed by atoms with Gasteiger partial charge in [0.1, 0.15) is 48.8 Å². The lowest BCUT2D eigenvalue weighted by atomic mass is 9.97. The fourth-order valence-electron chi connectivity index (χ4n) is 7.64. The number of allylic oxidation sites excluding steroid dienone is 2. The molecule has 1 amide bonds. The third kappa shape index (κ3) is 20.5. The summed E-state index contributed by atoms with van der Waals surface area (Å²) < 4.78 is 22.5. The molecule has 0 aromatic rings. The molecule has 342 valence electrons. The maximum atomic E-state index is 13.0. The first-order valence-electron chi connectivity index (χ1n) is 22.9. The molecule has 2 aliphatic rings. The minimum Gasteiger partial charge on any atom is -0.394 e. The van der Waals surface area contributed by atoms with Crippen LogP contribution in [-0.2, 0) is 23.7 Å². The number of nitrogens with one attached hydrogen (secondary N) is 1. The van der Waals surface area contributed by atoms with Crippen LogP contribution in [0.25, 0.3) is 0 Å². The van der Waals surface area contributed by atoms with E-state index in [2.05, 4.69) is 24.4 Å². The molecule has 58 heavy (non-hydrogen) atoms. The summed E-state index contributed by atoms with van der Waals surface area (Å²) >= 11 is 0. The quantitative estimate of drug-likeness (QED) is 0.0324. The summed E-state index contributed by atoms with van der Waals surface area (Å²) in [6.45, 7) is 2.66. The first kappa shape index (κ1) is 52.9. The van der Waals surface area contributed by atoms with Crippen LogP contribution in [0.1, 0.15) is 168 Å². The normalized spacial score (nSPS) is 28.9. The zero-order valence-electron chi connectivity index (χ0n) is 35.8. The van der Waals surface area contributed by atoms with Crippen LogP contribution < -0.4 is 5.32 Å². The molecule has 0 aromatic carbocycles. The van der Waals surface area contributed by atoms with Gasteiger partial charge in [-0.25, -0.2) is 0 Å². The molecule has 0 bridgehead atoms. The van der Waals surface area contributed by atoms with Crippen molar-refractivity contribution in [2.45, 2.75) is 242 Å². The highest BCUT2D eigenvalue weighted by Gasteiger charge is 2.51. The first-order valence-corrected chi connectivity index (χ1v) is 22.9. The van der Waals surface area contributed by atoms with Crippen LogP contribution in [0.2, 0.25) is 0 Å². The smallest absolute Gasteiger partial charge is 0.220 e. The Balaban J connectivity index is 1.68. The number of amides is 1. The highest BCUT2D eigenvalue weighted by atomic mass is 16.7. The second kappa shape index (κ2) is 32.4. The minimum atomic E-state index is -1.78. The molecule has 2 fully saturated rings. The Morgan fingerprint density at radius 1 is 0.603 bits per heavy atom. The van der Waals surface area contributed by atoms with E-state index in [1.807, 2.05) is 6.92 Å². The van der Waals surface area contributed by atoms with Crippen LogP contribution in [-0.4, -0.2) is 140 Å². The largest absolute Gasteiger partial charge is 0.394 e. The van der Waals surface area contributed by atoms with Crippen molar-refractivity contribution in [2.24, 2.45) is 0 Å². The fraction of sp³-hybridized carbons (Fsp3) is 0.932. The molecule has 14 nitrogen and oxygen atoms in total. The van der Waals surface area contributed by atoms with E-state index in [1.54, 1.807) is 0 Å². The molecule has 0 radical (unpaired) electrons. The van der Waals surface area contributed by atoms with Crippen LogP contribution in [0.15, 0.2) is 12.2 Å². The minimum absolute atomic E-state index is 0.221. The van der Waals surface area contributed by atoms with Gasteiger partial charge in [-0.2, -0.15) is 0 Å². The highest BCUT2D eigenvalue weighted by molar-refractivity contribution is 5.76. The van der Waals surface area contributed by atoms with Crippen LogP contribution in [0.4, 0.5) is 0 Å². The van der Waals surface area contributed by atoms with E-state index in [1.165, 1.54) is 96.3 Å². The Kier molecular flexibility index (Phi) is 29.6. The molecule has 2 saturated heterocycles. The van der Waals surface area contributed by atoms with E-state index in [4.69, 9.17) is 18.9 Å². The first-order chi connectivity index (χ1) is 28.1.